The Balaban J connectivity index is 2.06. The van der Waals surface area contributed by atoms with Crippen LogP contribution in [0.4, 0.5) is 0 Å². The highest BCUT2D eigenvalue weighted by Crippen LogP contribution is 2.32. The molecular weight excluding hydrogens is 276 g/mol. The summed E-state index contributed by atoms with van der Waals surface area (Å²) in [6.07, 6.45) is 0. The third-order valence-electron chi connectivity index (χ3n) is 4.16. The number of rotatable bonds is 3. The Kier molecular flexibility index (Phi) is 4.25. The smallest absolute Gasteiger partial charge is 0.0560 e. The molecule has 0 fully saturated rings. The van der Waals surface area contributed by atoms with Crippen LogP contribution in [0.5, 0.6) is 0 Å². The molecule has 0 atom stereocenters. The average Bonchev–Trinajstić information content (AvgIpc) is 2.57. The summed E-state index contributed by atoms with van der Waals surface area (Å²) >= 11 is 0. The molecule has 0 nitrogen and oxygen atoms in total. The molecule has 0 aliphatic heterocycles. The second kappa shape index (κ2) is 6.34. The van der Waals surface area contributed by atoms with Crippen molar-refractivity contribution in [2.45, 2.75) is 26.2 Å². The average molecular weight is 299 g/mol. The van der Waals surface area contributed by atoms with Crippen LogP contribution in [-0.2, 0) is 5.41 Å². The first-order valence-electron chi connectivity index (χ1n) is 8.14. The van der Waals surface area contributed by atoms with Gasteiger partial charge in [-0.05, 0) is 83.8 Å². The first-order valence-corrected chi connectivity index (χ1v) is 8.14. The Hall–Kier alpha value is -2.47. The fraction of sp³-hybridized carbons (Fsp3) is 0.174. The van der Waals surface area contributed by atoms with Crippen molar-refractivity contribution in [3.63, 3.8) is 0 Å². The molecule has 0 unspecified atom stereocenters. The van der Waals surface area contributed by atoms with Crippen molar-refractivity contribution in [3.8, 4) is 0 Å². The lowest BCUT2D eigenvalue weighted by atomic mass is 9.82. The molecule has 0 amide bonds. The fourth-order valence-corrected chi connectivity index (χ4v) is 2.85. The molecule has 3 rings (SSSR count). The highest BCUT2D eigenvalue weighted by molar-refractivity contribution is 5.57. The van der Waals surface area contributed by atoms with E-state index in [2.05, 4.69) is 106 Å². The molecule has 0 spiro atoms. The van der Waals surface area contributed by atoms with E-state index >= 15 is 0 Å². The molecule has 0 heteroatoms. The zero-order valence-corrected chi connectivity index (χ0v) is 14.1. The van der Waals surface area contributed by atoms with Crippen molar-refractivity contribution in [2.75, 3.05) is 0 Å². The summed E-state index contributed by atoms with van der Waals surface area (Å²) in [5.74, 6) is 1.28. The van der Waals surface area contributed by atoms with Gasteiger partial charge in [-0.15, -0.1) is 0 Å². The largest absolute Gasteiger partial charge is 0.0631 e. The molecule has 0 heterocycles. The molecule has 3 aromatic rings. The highest BCUT2D eigenvalue weighted by atomic mass is 14.2. The standard InChI is InChI=1S/C23H23/c1-23(2,3)21-16-14-20(15-17-21)22(18-10-6-4-7-11-18)19-12-8-5-9-13-19/h4-17H,1-3H3/q+1. The van der Waals surface area contributed by atoms with Gasteiger partial charge in [-0.25, -0.2) is 0 Å². The monoisotopic (exact) mass is 299 g/mol. The van der Waals surface area contributed by atoms with Gasteiger partial charge in [-0.1, -0.05) is 32.9 Å². The van der Waals surface area contributed by atoms with Gasteiger partial charge in [0.1, 0.15) is 0 Å². The zero-order valence-electron chi connectivity index (χ0n) is 14.1. The molecule has 0 bridgehead atoms. The Bertz CT molecular complexity index is 692. The zero-order chi connectivity index (χ0) is 16.3. The van der Waals surface area contributed by atoms with E-state index in [0.29, 0.717) is 0 Å². The quantitative estimate of drug-likeness (QED) is 0.411. The third-order valence-corrected chi connectivity index (χ3v) is 4.16. The molecule has 0 saturated heterocycles. The lowest BCUT2D eigenvalue weighted by molar-refractivity contribution is 0.590. The number of hydrogen-bond donors (Lipinski definition) is 0. The second-order valence-electron chi connectivity index (χ2n) is 6.93. The highest BCUT2D eigenvalue weighted by Gasteiger charge is 2.23. The molecule has 0 saturated carbocycles. The normalized spacial score (nSPS) is 11.3. The van der Waals surface area contributed by atoms with E-state index in [1.165, 1.54) is 28.2 Å². The molecule has 0 aliphatic carbocycles. The Labute approximate surface area is 139 Å². The van der Waals surface area contributed by atoms with Crippen LogP contribution in [0.2, 0.25) is 0 Å². The van der Waals surface area contributed by atoms with Crippen LogP contribution in [0, 0.1) is 5.92 Å². The number of hydrogen-bond acceptors (Lipinski definition) is 0. The van der Waals surface area contributed by atoms with Gasteiger partial charge in [-0.3, -0.25) is 0 Å². The van der Waals surface area contributed by atoms with Crippen molar-refractivity contribution in [1.82, 2.24) is 0 Å². The van der Waals surface area contributed by atoms with E-state index in [1.807, 2.05) is 0 Å². The van der Waals surface area contributed by atoms with Gasteiger partial charge in [0.15, 0.2) is 0 Å². The first-order chi connectivity index (χ1) is 11.1. The molecule has 0 aliphatic rings. The van der Waals surface area contributed by atoms with E-state index in [0.717, 1.165) is 0 Å². The van der Waals surface area contributed by atoms with E-state index < -0.39 is 0 Å². The topological polar surface area (TPSA) is 0 Å². The minimum atomic E-state index is 0.179. The fourth-order valence-electron chi connectivity index (χ4n) is 2.85. The van der Waals surface area contributed by atoms with Crippen LogP contribution < -0.4 is 0 Å². The SMILES string of the molecule is CC(C)(C)c1ccc([C+](c2ccccc2)c2ccccc2)cc1. The Morgan fingerprint density at radius 2 is 0.913 bits per heavy atom. The van der Waals surface area contributed by atoms with Gasteiger partial charge in [0.2, 0.25) is 0 Å². The molecule has 0 radical (unpaired) electrons. The van der Waals surface area contributed by atoms with Crippen LogP contribution in [-0.4, -0.2) is 0 Å². The summed E-state index contributed by atoms with van der Waals surface area (Å²) in [7, 11) is 0. The third kappa shape index (κ3) is 3.48. The molecule has 114 valence electrons. The van der Waals surface area contributed by atoms with Crippen molar-refractivity contribution in [1.29, 1.82) is 0 Å². The van der Waals surface area contributed by atoms with E-state index in [9.17, 15) is 0 Å². The lowest BCUT2D eigenvalue weighted by Gasteiger charge is -2.19. The molecule has 3 aromatic carbocycles. The van der Waals surface area contributed by atoms with Gasteiger partial charge in [0.05, 0.1) is 22.6 Å². The predicted molar refractivity (Wildman–Crippen MR) is 98.6 cm³/mol. The number of benzene rings is 3. The molecule has 0 N–H and O–H groups in total. The van der Waals surface area contributed by atoms with Crippen LogP contribution in [0.1, 0.15) is 43.0 Å². The summed E-state index contributed by atoms with van der Waals surface area (Å²) in [5.41, 5.74) is 5.31. The predicted octanol–water partition coefficient (Wildman–Crippen LogP) is 6.00. The van der Waals surface area contributed by atoms with Gasteiger partial charge in [0.25, 0.3) is 0 Å². The minimum Gasteiger partial charge on any atom is -0.0560 e. The van der Waals surface area contributed by atoms with E-state index in [1.54, 1.807) is 0 Å². The van der Waals surface area contributed by atoms with Crippen LogP contribution in [0.25, 0.3) is 0 Å². The first kappa shape index (κ1) is 15.4. The Morgan fingerprint density at radius 1 is 0.522 bits per heavy atom. The maximum Gasteiger partial charge on any atom is 0.0631 e. The van der Waals surface area contributed by atoms with Crippen LogP contribution in [0.15, 0.2) is 84.9 Å². The van der Waals surface area contributed by atoms with Gasteiger partial charge < -0.3 is 0 Å². The van der Waals surface area contributed by atoms with E-state index in [-0.39, 0.29) is 5.41 Å². The van der Waals surface area contributed by atoms with Crippen molar-refractivity contribution < 1.29 is 0 Å². The molecule has 0 aromatic heterocycles. The van der Waals surface area contributed by atoms with E-state index in [4.69, 9.17) is 0 Å². The van der Waals surface area contributed by atoms with Crippen molar-refractivity contribution in [3.05, 3.63) is 113 Å². The Morgan fingerprint density at radius 3 is 1.30 bits per heavy atom. The van der Waals surface area contributed by atoms with Gasteiger partial charge in [-0.2, -0.15) is 0 Å². The van der Waals surface area contributed by atoms with Crippen molar-refractivity contribution in [2.24, 2.45) is 0 Å². The van der Waals surface area contributed by atoms with Crippen LogP contribution in [0.3, 0.4) is 0 Å². The summed E-state index contributed by atoms with van der Waals surface area (Å²) in [6, 6.07) is 30.2. The van der Waals surface area contributed by atoms with Crippen LogP contribution >= 0.6 is 0 Å². The molecular formula is C23H23+. The summed E-state index contributed by atoms with van der Waals surface area (Å²) < 4.78 is 0. The molecule has 23 heavy (non-hydrogen) atoms. The van der Waals surface area contributed by atoms with Crippen molar-refractivity contribution >= 4 is 0 Å². The maximum atomic E-state index is 2.25. The summed E-state index contributed by atoms with van der Waals surface area (Å²) in [6.45, 7) is 6.75. The summed E-state index contributed by atoms with van der Waals surface area (Å²) in [4.78, 5) is 0. The minimum absolute atomic E-state index is 0.179. The van der Waals surface area contributed by atoms with Gasteiger partial charge >= 0.3 is 0 Å². The summed E-state index contributed by atoms with van der Waals surface area (Å²) in [5, 5.41) is 0. The lowest BCUT2D eigenvalue weighted by Crippen LogP contribution is -2.11. The maximum absolute atomic E-state index is 2.25. The second-order valence-corrected chi connectivity index (χ2v) is 6.93. The van der Waals surface area contributed by atoms with Gasteiger partial charge in [0, 0.05) is 0 Å².